The second kappa shape index (κ2) is 9.20. The summed E-state index contributed by atoms with van der Waals surface area (Å²) >= 11 is 0. The maximum absolute atomic E-state index is 5.90. The van der Waals surface area contributed by atoms with Gasteiger partial charge in [-0.15, -0.1) is 0 Å². The standard InChI is InChI=1S/C15H25N3O2/c1-12-7-5-6-8-14(12)20-13(2)11-18-15(16-3)17-9-10-19-4/h5-8,13H,9-11H2,1-4H3,(H2,16,17,18). The van der Waals surface area contributed by atoms with Gasteiger partial charge in [0.1, 0.15) is 11.9 Å². The van der Waals surface area contributed by atoms with Gasteiger partial charge in [-0.3, -0.25) is 4.99 Å². The number of rotatable bonds is 7. The molecule has 1 atom stereocenters. The van der Waals surface area contributed by atoms with Gasteiger partial charge in [-0.05, 0) is 25.5 Å². The highest BCUT2D eigenvalue weighted by atomic mass is 16.5. The molecule has 0 bridgehead atoms. The smallest absolute Gasteiger partial charge is 0.191 e. The first-order chi connectivity index (χ1) is 9.67. The van der Waals surface area contributed by atoms with Crippen LogP contribution in [0, 0.1) is 6.92 Å². The summed E-state index contributed by atoms with van der Waals surface area (Å²) < 4.78 is 10.9. The quantitative estimate of drug-likeness (QED) is 0.452. The van der Waals surface area contributed by atoms with E-state index in [-0.39, 0.29) is 6.10 Å². The van der Waals surface area contributed by atoms with Gasteiger partial charge in [0.05, 0.1) is 13.2 Å². The minimum atomic E-state index is 0.0528. The molecule has 1 aromatic rings. The highest BCUT2D eigenvalue weighted by Gasteiger charge is 2.06. The molecule has 1 aromatic carbocycles. The van der Waals surface area contributed by atoms with Crippen molar-refractivity contribution < 1.29 is 9.47 Å². The van der Waals surface area contributed by atoms with E-state index in [0.717, 1.165) is 23.8 Å². The van der Waals surface area contributed by atoms with Gasteiger partial charge in [-0.1, -0.05) is 18.2 Å². The zero-order valence-electron chi connectivity index (χ0n) is 12.8. The number of ether oxygens (including phenoxy) is 2. The summed E-state index contributed by atoms with van der Waals surface area (Å²) in [6.45, 7) is 6.13. The van der Waals surface area contributed by atoms with Crippen LogP contribution < -0.4 is 15.4 Å². The molecule has 5 heteroatoms. The van der Waals surface area contributed by atoms with Crippen LogP contribution in [-0.2, 0) is 4.74 Å². The van der Waals surface area contributed by atoms with Crippen LogP contribution in [0.5, 0.6) is 5.75 Å². The van der Waals surface area contributed by atoms with E-state index in [0.29, 0.717) is 13.2 Å². The van der Waals surface area contributed by atoms with Crippen LogP contribution in [-0.4, -0.2) is 45.9 Å². The van der Waals surface area contributed by atoms with Crippen molar-refractivity contribution in [1.29, 1.82) is 0 Å². The fourth-order valence-corrected chi connectivity index (χ4v) is 1.68. The molecule has 0 radical (unpaired) electrons. The van der Waals surface area contributed by atoms with Crippen molar-refractivity contribution in [2.45, 2.75) is 20.0 Å². The van der Waals surface area contributed by atoms with Gasteiger partial charge < -0.3 is 20.1 Å². The largest absolute Gasteiger partial charge is 0.489 e. The van der Waals surface area contributed by atoms with E-state index in [1.807, 2.05) is 38.1 Å². The lowest BCUT2D eigenvalue weighted by Gasteiger charge is -2.18. The van der Waals surface area contributed by atoms with Crippen LogP contribution >= 0.6 is 0 Å². The molecule has 2 N–H and O–H groups in total. The van der Waals surface area contributed by atoms with Gasteiger partial charge in [-0.25, -0.2) is 0 Å². The molecule has 1 unspecified atom stereocenters. The summed E-state index contributed by atoms with van der Waals surface area (Å²) in [5, 5.41) is 6.39. The SMILES string of the molecule is CN=C(NCCOC)NCC(C)Oc1ccccc1C. The van der Waals surface area contributed by atoms with Crippen molar-refractivity contribution in [3.05, 3.63) is 29.8 Å². The molecule has 0 aliphatic carbocycles. The Morgan fingerprint density at radius 2 is 2.05 bits per heavy atom. The van der Waals surface area contributed by atoms with Crippen LogP contribution in [0.1, 0.15) is 12.5 Å². The topological polar surface area (TPSA) is 54.9 Å². The van der Waals surface area contributed by atoms with Crippen molar-refractivity contribution >= 4 is 5.96 Å². The molecular weight excluding hydrogens is 254 g/mol. The number of guanidine groups is 1. The lowest BCUT2D eigenvalue weighted by Crippen LogP contribution is -2.42. The second-order valence-corrected chi connectivity index (χ2v) is 4.57. The molecule has 0 aromatic heterocycles. The predicted octanol–water partition coefficient (Wildman–Crippen LogP) is 1.57. The molecule has 20 heavy (non-hydrogen) atoms. The van der Waals surface area contributed by atoms with Crippen LogP contribution in [0.4, 0.5) is 0 Å². The average molecular weight is 279 g/mol. The van der Waals surface area contributed by atoms with Gasteiger partial charge in [0.25, 0.3) is 0 Å². The number of para-hydroxylation sites is 1. The minimum absolute atomic E-state index is 0.0528. The number of nitrogens with zero attached hydrogens (tertiary/aromatic N) is 1. The summed E-state index contributed by atoms with van der Waals surface area (Å²) in [5.41, 5.74) is 1.14. The van der Waals surface area contributed by atoms with E-state index in [1.54, 1.807) is 14.2 Å². The van der Waals surface area contributed by atoms with Gasteiger partial charge in [0, 0.05) is 20.7 Å². The monoisotopic (exact) mass is 279 g/mol. The Kier molecular flexibility index (Phi) is 7.50. The molecule has 5 nitrogen and oxygen atoms in total. The van der Waals surface area contributed by atoms with E-state index in [9.17, 15) is 0 Å². The molecule has 0 aliphatic rings. The van der Waals surface area contributed by atoms with Gasteiger partial charge >= 0.3 is 0 Å². The van der Waals surface area contributed by atoms with Crippen LogP contribution in [0.15, 0.2) is 29.3 Å². The molecule has 0 saturated carbocycles. The Labute approximate surface area is 121 Å². The third-order valence-electron chi connectivity index (χ3n) is 2.80. The summed E-state index contributed by atoms with van der Waals surface area (Å²) in [6.07, 6.45) is 0.0528. The third kappa shape index (κ3) is 5.93. The van der Waals surface area contributed by atoms with Gasteiger partial charge in [-0.2, -0.15) is 0 Å². The fourth-order valence-electron chi connectivity index (χ4n) is 1.68. The van der Waals surface area contributed by atoms with E-state index in [4.69, 9.17) is 9.47 Å². The fraction of sp³-hybridized carbons (Fsp3) is 0.533. The van der Waals surface area contributed by atoms with Crippen molar-refractivity contribution in [2.24, 2.45) is 4.99 Å². The molecule has 1 rings (SSSR count). The third-order valence-corrected chi connectivity index (χ3v) is 2.80. The average Bonchev–Trinajstić information content (AvgIpc) is 2.45. The second-order valence-electron chi connectivity index (χ2n) is 4.57. The van der Waals surface area contributed by atoms with Crippen molar-refractivity contribution in [1.82, 2.24) is 10.6 Å². The lowest BCUT2D eigenvalue weighted by atomic mass is 10.2. The summed E-state index contributed by atoms with van der Waals surface area (Å²) in [5.74, 6) is 1.67. The van der Waals surface area contributed by atoms with Gasteiger partial charge in [0.15, 0.2) is 5.96 Å². The van der Waals surface area contributed by atoms with Crippen LogP contribution in [0.2, 0.25) is 0 Å². The maximum atomic E-state index is 5.90. The number of aliphatic imine (C=N–C) groups is 1. The Bertz CT molecular complexity index is 421. The summed E-state index contributed by atoms with van der Waals surface area (Å²) in [7, 11) is 3.42. The molecule has 0 heterocycles. The Morgan fingerprint density at radius 3 is 2.70 bits per heavy atom. The summed E-state index contributed by atoms with van der Waals surface area (Å²) in [4.78, 5) is 4.14. The molecule has 112 valence electrons. The van der Waals surface area contributed by atoms with Crippen molar-refractivity contribution in [3.63, 3.8) is 0 Å². The molecule has 0 amide bonds. The van der Waals surface area contributed by atoms with Crippen molar-refractivity contribution in [3.8, 4) is 5.75 Å². The molecule has 0 spiro atoms. The first-order valence-corrected chi connectivity index (χ1v) is 6.83. The van der Waals surface area contributed by atoms with Gasteiger partial charge in [0.2, 0.25) is 0 Å². The first-order valence-electron chi connectivity index (χ1n) is 6.83. The number of hydrogen-bond donors (Lipinski definition) is 2. The van der Waals surface area contributed by atoms with E-state index in [2.05, 4.69) is 15.6 Å². The number of hydrogen-bond acceptors (Lipinski definition) is 3. The first kappa shape index (κ1) is 16.3. The van der Waals surface area contributed by atoms with Crippen molar-refractivity contribution in [2.75, 3.05) is 33.9 Å². The number of methoxy groups -OCH3 is 1. The molecular formula is C15H25N3O2. The Balaban J connectivity index is 2.35. The number of benzene rings is 1. The molecule has 0 aliphatic heterocycles. The predicted molar refractivity (Wildman–Crippen MR) is 82.5 cm³/mol. The highest BCUT2D eigenvalue weighted by Crippen LogP contribution is 2.17. The lowest BCUT2D eigenvalue weighted by molar-refractivity contribution is 0.203. The normalized spacial score (nSPS) is 12.9. The minimum Gasteiger partial charge on any atom is -0.489 e. The Morgan fingerprint density at radius 1 is 1.30 bits per heavy atom. The number of nitrogens with one attached hydrogen (secondary N) is 2. The maximum Gasteiger partial charge on any atom is 0.191 e. The summed E-state index contributed by atoms with van der Waals surface area (Å²) in [6, 6.07) is 8.01. The van der Waals surface area contributed by atoms with E-state index >= 15 is 0 Å². The zero-order valence-corrected chi connectivity index (χ0v) is 12.8. The zero-order chi connectivity index (χ0) is 14.8. The number of aryl methyl sites for hydroxylation is 1. The van der Waals surface area contributed by atoms with E-state index < -0.39 is 0 Å². The highest BCUT2D eigenvalue weighted by molar-refractivity contribution is 5.79. The Hall–Kier alpha value is -1.75. The molecule has 0 fully saturated rings. The van der Waals surface area contributed by atoms with Crippen LogP contribution in [0.3, 0.4) is 0 Å². The molecule has 0 saturated heterocycles. The van der Waals surface area contributed by atoms with Crippen LogP contribution in [0.25, 0.3) is 0 Å². The van der Waals surface area contributed by atoms with E-state index in [1.165, 1.54) is 0 Å².